The molecular weight excluding hydrogens is 305 g/mol. The van der Waals surface area contributed by atoms with Crippen LogP contribution in [0.25, 0.3) is 21.8 Å². The van der Waals surface area contributed by atoms with E-state index in [-0.39, 0.29) is 0 Å². The Hall–Kier alpha value is -1.91. The molecule has 0 unspecified atom stereocenters. The number of para-hydroxylation sites is 1. The van der Waals surface area contributed by atoms with Crippen molar-refractivity contribution in [2.45, 2.75) is 44.5 Å². The van der Waals surface area contributed by atoms with E-state index in [2.05, 4.69) is 47.0 Å². The van der Waals surface area contributed by atoms with Crippen LogP contribution in [0.15, 0.2) is 42.5 Å². The first kappa shape index (κ1) is 15.6. The molecule has 2 aromatic carbocycles. The van der Waals surface area contributed by atoms with Crippen molar-refractivity contribution in [2.24, 2.45) is 0 Å². The van der Waals surface area contributed by atoms with Crippen LogP contribution in [0.3, 0.4) is 0 Å². The fourth-order valence-corrected chi connectivity index (χ4v) is 3.95. The lowest BCUT2D eigenvalue weighted by molar-refractivity contribution is -0.282. The van der Waals surface area contributed by atoms with Crippen LogP contribution in [0.1, 0.15) is 37.3 Å². The van der Waals surface area contributed by atoms with Crippen LogP contribution >= 0.6 is 0 Å². The van der Waals surface area contributed by atoms with Crippen LogP contribution < -0.4 is 0 Å². The lowest BCUT2D eigenvalue weighted by Gasteiger charge is -2.27. The minimum Gasteiger partial charge on any atom is -0.337 e. The molecule has 4 heteroatoms. The van der Waals surface area contributed by atoms with E-state index in [1.807, 2.05) is 0 Å². The largest absolute Gasteiger partial charge is 0.337 e. The van der Waals surface area contributed by atoms with Crippen molar-refractivity contribution in [1.82, 2.24) is 4.57 Å². The number of aromatic nitrogens is 1. The molecule has 0 radical (unpaired) electrons. The van der Waals surface area contributed by atoms with Gasteiger partial charge in [-0.3, -0.25) is 0 Å². The Morgan fingerprint density at radius 1 is 1.00 bits per heavy atom. The molecule has 0 amide bonds. The van der Waals surface area contributed by atoms with Crippen molar-refractivity contribution in [2.75, 3.05) is 7.11 Å². The Balaban J connectivity index is 1.86. The molecule has 4 rings (SSSR count). The van der Waals surface area contributed by atoms with E-state index in [1.54, 1.807) is 0 Å². The average Bonchev–Trinajstić information content (AvgIpc) is 2.94. The monoisotopic (exact) mass is 327 g/mol. The normalized spacial score (nSPS) is 21.6. The maximum absolute atomic E-state index is 13.6. The molecule has 1 saturated carbocycles. The Morgan fingerprint density at radius 3 is 2.54 bits per heavy atom. The Labute approximate surface area is 140 Å². The van der Waals surface area contributed by atoms with Crippen LogP contribution in [0, 0.1) is 0 Å². The molecule has 0 spiro atoms. The van der Waals surface area contributed by atoms with E-state index in [0.717, 1.165) is 18.4 Å². The zero-order valence-electron chi connectivity index (χ0n) is 13.9. The van der Waals surface area contributed by atoms with E-state index in [1.165, 1.54) is 28.9 Å². The molecule has 0 bridgehead atoms. The second-order valence-corrected chi connectivity index (χ2v) is 6.57. The topological polar surface area (TPSA) is 23.4 Å². The highest BCUT2D eigenvalue weighted by atomic mass is 19.1. The third-order valence-corrected chi connectivity index (χ3v) is 5.11. The number of nitrogens with zero attached hydrogens (tertiary/aromatic N) is 1. The summed E-state index contributed by atoms with van der Waals surface area (Å²) < 4.78 is 16.0. The molecule has 1 aromatic heterocycles. The molecule has 24 heavy (non-hydrogen) atoms. The SMILES string of the molecule is COOCc1ccc2c3ccccc3n([C@H]3CC[C@H](F)CC3)c2c1. The van der Waals surface area contributed by atoms with Crippen molar-refractivity contribution < 1.29 is 14.2 Å². The first-order chi connectivity index (χ1) is 11.8. The maximum Gasteiger partial charge on any atom is 0.107 e. The van der Waals surface area contributed by atoms with Crippen molar-refractivity contribution in [3.05, 3.63) is 48.0 Å². The van der Waals surface area contributed by atoms with Gasteiger partial charge in [-0.1, -0.05) is 30.3 Å². The molecule has 0 atom stereocenters. The molecule has 1 aliphatic rings. The summed E-state index contributed by atoms with van der Waals surface area (Å²) in [7, 11) is 1.52. The number of halogens is 1. The van der Waals surface area contributed by atoms with Gasteiger partial charge in [-0.05, 0) is 43.4 Å². The van der Waals surface area contributed by atoms with E-state index < -0.39 is 6.17 Å². The highest BCUT2D eigenvalue weighted by Gasteiger charge is 2.24. The van der Waals surface area contributed by atoms with Gasteiger partial charge in [-0.25, -0.2) is 14.2 Å². The first-order valence-electron chi connectivity index (χ1n) is 8.59. The number of alkyl halides is 1. The molecule has 3 aromatic rings. The van der Waals surface area contributed by atoms with Gasteiger partial charge in [0.1, 0.15) is 12.8 Å². The Kier molecular flexibility index (Phi) is 4.25. The van der Waals surface area contributed by atoms with Crippen molar-refractivity contribution in [3.8, 4) is 0 Å². The summed E-state index contributed by atoms with van der Waals surface area (Å²) in [6.07, 6.45) is 2.47. The molecule has 126 valence electrons. The van der Waals surface area contributed by atoms with Crippen LogP contribution in [-0.2, 0) is 16.4 Å². The zero-order chi connectivity index (χ0) is 16.5. The predicted octanol–water partition coefficient (Wildman–Crippen LogP) is 5.33. The number of benzene rings is 2. The fourth-order valence-electron chi connectivity index (χ4n) is 3.95. The van der Waals surface area contributed by atoms with Crippen molar-refractivity contribution in [1.29, 1.82) is 0 Å². The van der Waals surface area contributed by atoms with Gasteiger partial charge in [0.05, 0.1) is 7.11 Å². The van der Waals surface area contributed by atoms with E-state index in [4.69, 9.17) is 9.78 Å². The summed E-state index contributed by atoms with van der Waals surface area (Å²) in [6.45, 7) is 0.422. The highest BCUT2D eigenvalue weighted by Crippen LogP contribution is 2.38. The van der Waals surface area contributed by atoms with Gasteiger partial charge in [0, 0.05) is 27.8 Å². The van der Waals surface area contributed by atoms with Crippen LogP contribution in [-0.4, -0.2) is 17.8 Å². The average molecular weight is 327 g/mol. The molecule has 1 aliphatic carbocycles. The van der Waals surface area contributed by atoms with E-state index in [0.29, 0.717) is 25.5 Å². The molecule has 1 heterocycles. The van der Waals surface area contributed by atoms with Crippen LogP contribution in [0.5, 0.6) is 0 Å². The molecule has 0 aliphatic heterocycles. The lowest BCUT2D eigenvalue weighted by atomic mass is 9.93. The second kappa shape index (κ2) is 6.54. The number of rotatable bonds is 4. The van der Waals surface area contributed by atoms with Gasteiger partial charge >= 0.3 is 0 Å². The third-order valence-electron chi connectivity index (χ3n) is 5.11. The quantitative estimate of drug-likeness (QED) is 0.478. The summed E-state index contributed by atoms with van der Waals surface area (Å²) >= 11 is 0. The van der Waals surface area contributed by atoms with Gasteiger partial charge in [0.2, 0.25) is 0 Å². The molecule has 0 saturated heterocycles. The van der Waals surface area contributed by atoms with Crippen molar-refractivity contribution in [3.63, 3.8) is 0 Å². The smallest absolute Gasteiger partial charge is 0.107 e. The molecule has 3 nitrogen and oxygen atoms in total. The fraction of sp³-hybridized carbons (Fsp3) is 0.400. The molecule has 0 N–H and O–H groups in total. The number of fused-ring (bicyclic) bond motifs is 3. The van der Waals surface area contributed by atoms with Gasteiger partial charge in [-0.2, -0.15) is 0 Å². The van der Waals surface area contributed by atoms with Gasteiger partial charge in [0.15, 0.2) is 0 Å². The lowest BCUT2D eigenvalue weighted by Crippen LogP contribution is -2.18. The van der Waals surface area contributed by atoms with Crippen LogP contribution in [0.2, 0.25) is 0 Å². The Bertz CT molecular complexity index is 849. The third kappa shape index (κ3) is 2.70. The first-order valence-corrected chi connectivity index (χ1v) is 8.59. The summed E-state index contributed by atoms with van der Waals surface area (Å²) in [4.78, 5) is 9.81. The van der Waals surface area contributed by atoms with Gasteiger partial charge in [0.25, 0.3) is 0 Å². The zero-order valence-corrected chi connectivity index (χ0v) is 13.9. The highest BCUT2D eigenvalue weighted by molar-refractivity contribution is 6.08. The number of hydrogen-bond acceptors (Lipinski definition) is 2. The molecular formula is C20H22FNO2. The van der Waals surface area contributed by atoms with E-state index in [9.17, 15) is 4.39 Å². The Morgan fingerprint density at radius 2 is 1.75 bits per heavy atom. The summed E-state index contributed by atoms with van der Waals surface area (Å²) in [5.74, 6) is 0. The van der Waals surface area contributed by atoms with Crippen molar-refractivity contribution >= 4 is 21.8 Å². The predicted molar refractivity (Wildman–Crippen MR) is 93.6 cm³/mol. The summed E-state index contributed by atoms with van der Waals surface area (Å²) in [5.41, 5.74) is 3.52. The second-order valence-electron chi connectivity index (χ2n) is 6.57. The molecule has 1 fully saturated rings. The summed E-state index contributed by atoms with van der Waals surface area (Å²) in [6, 6.07) is 15.3. The number of hydrogen-bond donors (Lipinski definition) is 0. The maximum atomic E-state index is 13.6. The van der Waals surface area contributed by atoms with Gasteiger partial charge < -0.3 is 4.57 Å². The minimum atomic E-state index is -0.639. The summed E-state index contributed by atoms with van der Waals surface area (Å²) in [5, 5.41) is 2.50. The van der Waals surface area contributed by atoms with Crippen LogP contribution in [0.4, 0.5) is 4.39 Å². The van der Waals surface area contributed by atoms with Gasteiger partial charge in [-0.15, -0.1) is 0 Å². The minimum absolute atomic E-state index is 0.359. The van der Waals surface area contributed by atoms with E-state index >= 15 is 0 Å². The standard InChI is InChI=1S/C20H22FNO2/c1-23-24-13-14-6-11-18-17-4-2-3-5-19(17)22(20(18)12-14)16-9-7-15(21)8-10-16/h2-6,11-12,15-16H,7-10,13H2,1H3/t15-,16-.